The van der Waals surface area contributed by atoms with Crippen molar-refractivity contribution in [3.63, 3.8) is 0 Å². The molecule has 0 unspecified atom stereocenters. The van der Waals surface area contributed by atoms with Crippen LogP contribution in [-0.2, 0) is 11.3 Å². The van der Waals surface area contributed by atoms with Gasteiger partial charge in [-0.3, -0.25) is 9.59 Å². The van der Waals surface area contributed by atoms with Gasteiger partial charge in [0, 0.05) is 19.2 Å². The Morgan fingerprint density at radius 2 is 2.09 bits per heavy atom. The third-order valence-electron chi connectivity index (χ3n) is 3.14. The maximum absolute atomic E-state index is 13.6. The molecule has 2 aromatic rings. The molecule has 122 valence electrons. The van der Waals surface area contributed by atoms with Crippen LogP contribution in [0.15, 0.2) is 34.2 Å². The molecule has 0 fully saturated rings. The lowest BCUT2D eigenvalue weighted by Crippen LogP contribution is -2.33. The fraction of sp³-hybridized carbons (Fsp3) is 0.286. The van der Waals surface area contributed by atoms with Gasteiger partial charge in [0.25, 0.3) is 5.56 Å². The first-order chi connectivity index (χ1) is 10.9. The highest BCUT2D eigenvalue weighted by molar-refractivity contribution is 7.99. The molecule has 2 N–H and O–H groups in total. The van der Waals surface area contributed by atoms with Crippen LogP contribution in [0, 0.1) is 12.7 Å². The molecule has 0 saturated heterocycles. The van der Waals surface area contributed by atoms with Gasteiger partial charge < -0.3 is 10.7 Å². The van der Waals surface area contributed by atoms with Crippen LogP contribution in [0.3, 0.4) is 0 Å². The molecule has 23 heavy (non-hydrogen) atoms. The zero-order valence-electron chi connectivity index (χ0n) is 12.7. The predicted molar refractivity (Wildman–Crippen MR) is 84.8 cm³/mol. The number of aromatic nitrogens is 3. The first kappa shape index (κ1) is 16.9. The summed E-state index contributed by atoms with van der Waals surface area (Å²) >= 11 is 1.00. The van der Waals surface area contributed by atoms with E-state index in [0.717, 1.165) is 16.4 Å². The number of hydrogen-bond acceptors (Lipinski definition) is 6. The van der Waals surface area contributed by atoms with Gasteiger partial charge in [-0.05, 0) is 13.0 Å². The summed E-state index contributed by atoms with van der Waals surface area (Å²) < 4.78 is 14.4. The number of carbonyl (C=O) groups excluding carboxylic acids is 1. The Balaban J connectivity index is 1.98. The fourth-order valence-electron chi connectivity index (χ4n) is 1.78. The van der Waals surface area contributed by atoms with E-state index in [1.54, 1.807) is 25.2 Å². The van der Waals surface area contributed by atoms with Crippen molar-refractivity contribution in [1.82, 2.24) is 19.8 Å². The van der Waals surface area contributed by atoms with Crippen LogP contribution in [0.4, 0.5) is 4.39 Å². The summed E-state index contributed by atoms with van der Waals surface area (Å²) in [4.78, 5) is 25.1. The van der Waals surface area contributed by atoms with Crippen LogP contribution in [0.5, 0.6) is 0 Å². The van der Waals surface area contributed by atoms with Crippen molar-refractivity contribution >= 4 is 17.7 Å². The number of carbonyl (C=O) groups is 1. The first-order valence-electron chi connectivity index (χ1n) is 6.71. The average Bonchev–Trinajstić information content (AvgIpc) is 2.53. The van der Waals surface area contributed by atoms with Crippen LogP contribution in [0.1, 0.15) is 11.3 Å². The number of nitrogens with zero attached hydrogens (tertiary/aromatic N) is 4. The Morgan fingerprint density at radius 3 is 2.78 bits per heavy atom. The van der Waals surface area contributed by atoms with Crippen molar-refractivity contribution in [2.75, 3.05) is 18.6 Å². The lowest BCUT2D eigenvalue weighted by molar-refractivity contribution is -0.127. The van der Waals surface area contributed by atoms with Crippen molar-refractivity contribution in [3.8, 4) is 0 Å². The average molecular weight is 337 g/mol. The van der Waals surface area contributed by atoms with Gasteiger partial charge in [0.1, 0.15) is 11.5 Å². The zero-order valence-corrected chi connectivity index (χ0v) is 13.5. The number of thioether (sulfide) groups is 1. The number of benzene rings is 1. The van der Waals surface area contributed by atoms with Crippen molar-refractivity contribution in [2.24, 2.45) is 0 Å². The summed E-state index contributed by atoms with van der Waals surface area (Å²) in [7, 11) is 1.58. The highest BCUT2D eigenvalue weighted by atomic mass is 32.2. The van der Waals surface area contributed by atoms with E-state index < -0.39 is 5.56 Å². The molecule has 1 heterocycles. The molecule has 0 aliphatic carbocycles. The third kappa shape index (κ3) is 4.07. The lowest BCUT2D eigenvalue weighted by atomic mass is 10.2. The van der Waals surface area contributed by atoms with Gasteiger partial charge in [0.2, 0.25) is 11.1 Å². The summed E-state index contributed by atoms with van der Waals surface area (Å²) in [6, 6.07) is 6.26. The molecule has 7 nitrogen and oxygen atoms in total. The van der Waals surface area contributed by atoms with E-state index in [0.29, 0.717) is 5.56 Å². The first-order valence-corrected chi connectivity index (χ1v) is 7.70. The van der Waals surface area contributed by atoms with E-state index in [1.807, 2.05) is 0 Å². The molecule has 1 aromatic heterocycles. The van der Waals surface area contributed by atoms with Crippen molar-refractivity contribution in [3.05, 3.63) is 51.7 Å². The third-order valence-corrected chi connectivity index (χ3v) is 4.06. The standard InChI is InChI=1S/C14H16FN5O2S/c1-9-13(22)20(16)14(18-17-9)23-8-12(21)19(2)7-10-5-3-4-6-11(10)15/h3-6H,7-8,16H2,1-2H3. The molecule has 1 amide bonds. The second-order valence-corrected chi connectivity index (χ2v) is 5.82. The van der Waals surface area contributed by atoms with Crippen molar-refractivity contribution < 1.29 is 9.18 Å². The number of nitrogen functional groups attached to an aromatic ring is 1. The van der Waals surface area contributed by atoms with E-state index in [1.165, 1.54) is 17.9 Å². The minimum absolute atomic E-state index is 0.0132. The normalized spacial score (nSPS) is 10.6. The van der Waals surface area contributed by atoms with Crippen LogP contribution >= 0.6 is 11.8 Å². The summed E-state index contributed by atoms with van der Waals surface area (Å²) in [6.07, 6.45) is 0. The van der Waals surface area contributed by atoms with Gasteiger partial charge in [-0.2, -0.15) is 4.68 Å². The van der Waals surface area contributed by atoms with Gasteiger partial charge in [-0.15, -0.1) is 10.2 Å². The summed E-state index contributed by atoms with van der Waals surface area (Å²) in [5.74, 6) is 5.01. The fourth-order valence-corrected chi connectivity index (χ4v) is 2.57. The Hall–Kier alpha value is -2.42. The molecule has 0 radical (unpaired) electrons. The molecule has 0 aliphatic heterocycles. The minimum Gasteiger partial charge on any atom is -0.341 e. The van der Waals surface area contributed by atoms with Gasteiger partial charge in [-0.25, -0.2) is 4.39 Å². The number of amides is 1. The smallest absolute Gasteiger partial charge is 0.294 e. The van der Waals surface area contributed by atoms with E-state index in [4.69, 9.17) is 5.84 Å². The van der Waals surface area contributed by atoms with Gasteiger partial charge in [0.05, 0.1) is 5.75 Å². The monoisotopic (exact) mass is 337 g/mol. The van der Waals surface area contributed by atoms with E-state index >= 15 is 0 Å². The largest absolute Gasteiger partial charge is 0.341 e. The van der Waals surface area contributed by atoms with Crippen LogP contribution in [0.25, 0.3) is 0 Å². The Bertz CT molecular complexity index is 780. The zero-order chi connectivity index (χ0) is 17.0. The molecule has 0 atom stereocenters. The molecule has 2 rings (SSSR count). The van der Waals surface area contributed by atoms with Crippen molar-refractivity contribution in [2.45, 2.75) is 18.6 Å². The molecule has 0 spiro atoms. The summed E-state index contributed by atoms with van der Waals surface area (Å²) in [5, 5.41) is 7.62. The minimum atomic E-state index is -0.463. The van der Waals surface area contributed by atoms with Crippen LogP contribution < -0.4 is 11.4 Å². The molecule has 0 aliphatic rings. The van der Waals surface area contributed by atoms with Gasteiger partial charge >= 0.3 is 0 Å². The Morgan fingerprint density at radius 1 is 1.39 bits per heavy atom. The topological polar surface area (TPSA) is 94.1 Å². The quantitative estimate of drug-likeness (QED) is 0.632. The number of aryl methyl sites for hydroxylation is 1. The second-order valence-electron chi connectivity index (χ2n) is 4.87. The maximum atomic E-state index is 13.6. The highest BCUT2D eigenvalue weighted by Crippen LogP contribution is 2.14. The molecule has 0 bridgehead atoms. The number of rotatable bonds is 5. The predicted octanol–water partition coefficient (Wildman–Crippen LogP) is 0.550. The molecule has 0 saturated carbocycles. The second kappa shape index (κ2) is 7.23. The number of hydrogen-bond donors (Lipinski definition) is 1. The van der Waals surface area contributed by atoms with E-state index in [2.05, 4.69) is 10.2 Å². The maximum Gasteiger partial charge on any atom is 0.294 e. The Labute approximate surface area is 136 Å². The van der Waals surface area contributed by atoms with Crippen LogP contribution in [-0.4, -0.2) is 38.5 Å². The van der Waals surface area contributed by atoms with Gasteiger partial charge in [-0.1, -0.05) is 30.0 Å². The Kier molecular flexibility index (Phi) is 5.32. The summed E-state index contributed by atoms with van der Waals surface area (Å²) in [6.45, 7) is 1.65. The van der Waals surface area contributed by atoms with E-state index in [-0.39, 0.29) is 34.9 Å². The molecule has 9 heteroatoms. The van der Waals surface area contributed by atoms with Gasteiger partial charge in [0.15, 0.2) is 0 Å². The van der Waals surface area contributed by atoms with Crippen molar-refractivity contribution in [1.29, 1.82) is 0 Å². The molecule has 1 aromatic carbocycles. The lowest BCUT2D eigenvalue weighted by Gasteiger charge is -2.17. The molecular formula is C14H16FN5O2S. The van der Waals surface area contributed by atoms with E-state index in [9.17, 15) is 14.0 Å². The SMILES string of the molecule is Cc1nnc(SCC(=O)N(C)Cc2ccccc2F)n(N)c1=O. The highest BCUT2D eigenvalue weighted by Gasteiger charge is 2.14. The number of halogens is 1. The molecular weight excluding hydrogens is 321 g/mol. The van der Waals surface area contributed by atoms with Crippen LogP contribution in [0.2, 0.25) is 0 Å². The number of nitrogens with two attached hydrogens (primary N) is 1. The summed E-state index contributed by atoms with van der Waals surface area (Å²) in [5.41, 5.74) is 0.147.